The molecule has 0 saturated heterocycles. The van der Waals surface area contributed by atoms with Crippen molar-refractivity contribution >= 4 is 5.96 Å². The van der Waals surface area contributed by atoms with E-state index < -0.39 is 0 Å². The smallest absolute Gasteiger partial charge is 0.188 e. The van der Waals surface area contributed by atoms with Gasteiger partial charge in [0, 0.05) is 32.9 Å². The minimum absolute atomic E-state index is 0.0623. The Hall–Kier alpha value is -0.850. The summed E-state index contributed by atoms with van der Waals surface area (Å²) in [7, 11) is 0. The molecule has 17 heavy (non-hydrogen) atoms. The van der Waals surface area contributed by atoms with Crippen molar-refractivity contribution in [3.05, 3.63) is 0 Å². The van der Waals surface area contributed by atoms with E-state index in [1.807, 2.05) is 6.92 Å². The number of guanidine groups is 1. The van der Waals surface area contributed by atoms with Crippen molar-refractivity contribution < 1.29 is 14.6 Å². The summed E-state index contributed by atoms with van der Waals surface area (Å²) in [5, 5.41) is 11.5. The highest BCUT2D eigenvalue weighted by molar-refractivity contribution is 5.77. The van der Waals surface area contributed by atoms with Crippen molar-refractivity contribution in [1.82, 2.24) is 5.32 Å². The summed E-state index contributed by atoms with van der Waals surface area (Å²) < 4.78 is 10.3. The number of aliphatic imine (C=N–C) groups is 1. The highest BCUT2D eigenvalue weighted by Crippen LogP contribution is 1.84. The first-order valence-corrected chi connectivity index (χ1v) is 6.11. The molecule has 0 aliphatic carbocycles. The van der Waals surface area contributed by atoms with E-state index in [1.165, 1.54) is 0 Å². The van der Waals surface area contributed by atoms with Gasteiger partial charge in [0.2, 0.25) is 0 Å². The van der Waals surface area contributed by atoms with Gasteiger partial charge in [-0.25, -0.2) is 0 Å². The van der Waals surface area contributed by atoms with Crippen LogP contribution in [0.5, 0.6) is 0 Å². The van der Waals surface area contributed by atoms with Gasteiger partial charge in [0.25, 0.3) is 0 Å². The van der Waals surface area contributed by atoms with E-state index in [4.69, 9.17) is 20.3 Å². The van der Waals surface area contributed by atoms with Crippen molar-refractivity contribution in [1.29, 1.82) is 0 Å². The molecule has 0 atom stereocenters. The lowest BCUT2D eigenvalue weighted by atomic mass is 10.4. The third-order valence-electron chi connectivity index (χ3n) is 1.94. The third kappa shape index (κ3) is 13.1. The van der Waals surface area contributed by atoms with Crippen molar-refractivity contribution in [2.75, 3.05) is 46.1 Å². The van der Waals surface area contributed by atoms with E-state index >= 15 is 0 Å². The minimum atomic E-state index is 0.0623. The monoisotopic (exact) mass is 247 g/mol. The van der Waals surface area contributed by atoms with Gasteiger partial charge in [0.05, 0.1) is 13.2 Å². The van der Waals surface area contributed by atoms with Gasteiger partial charge in [-0.15, -0.1) is 0 Å². The molecule has 0 fully saturated rings. The van der Waals surface area contributed by atoms with Crippen molar-refractivity contribution in [3.8, 4) is 0 Å². The first-order valence-electron chi connectivity index (χ1n) is 6.11. The van der Waals surface area contributed by atoms with Crippen LogP contribution in [0.25, 0.3) is 0 Å². The Bertz CT molecular complexity index is 189. The normalized spacial score (nSPS) is 11.8. The van der Waals surface area contributed by atoms with E-state index in [0.29, 0.717) is 25.7 Å². The van der Waals surface area contributed by atoms with E-state index in [9.17, 15) is 0 Å². The maximum absolute atomic E-state index is 8.48. The zero-order chi connectivity index (χ0) is 12.8. The number of nitrogens with one attached hydrogen (secondary N) is 1. The summed E-state index contributed by atoms with van der Waals surface area (Å²) >= 11 is 0. The van der Waals surface area contributed by atoms with Gasteiger partial charge in [-0.1, -0.05) is 0 Å². The fraction of sp³-hybridized carbons (Fsp3) is 0.909. The molecule has 0 saturated carbocycles. The van der Waals surface area contributed by atoms with Gasteiger partial charge < -0.3 is 25.6 Å². The Morgan fingerprint density at radius 3 is 2.71 bits per heavy atom. The van der Waals surface area contributed by atoms with E-state index in [2.05, 4.69) is 10.3 Å². The van der Waals surface area contributed by atoms with Gasteiger partial charge in [0.1, 0.15) is 0 Å². The summed E-state index contributed by atoms with van der Waals surface area (Å²) in [5.41, 5.74) is 5.65. The number of hydrogen-bond acceptors (Lipinski definition) is 4. The van der Waals surface area contributed by atoms with Crippen LogP contribution in [0.3, 0.4) is 0 Å². The second-order valence-corrected chi connectivity index (χ2v) is 3.43. The van der Waals surface area contributed by atoms with E-state index in [0.717, 1.165) is 32.6 Å². The molecule has 6 nitrogen and oxygen atoms in total. The number of hydrogen-bond donors (Lipinski definition) is 3. The fourth-order valence-electron chi connectivity index (χ4n) is 1.12. The first-order chi connectivity index (χ1) is 8.31. The molecule has 0 aromatic rings. The Labute approximate surface area is 103 Å². The van der Waals surface area contributed by atoms with E-state index in [1.54, 1.807) is 0 Å². The zero-order valence-electron chi connectivity index (χ0n) is 10.7. The molecule has 0 aliphatic heterocycles. The number of aliphatic hydroxyl groups is 1. The first kappa shape index (κ1) is 16.1. The third-order valence-corrected chi connectivity index (χ3v) is 1.94. The van der Waals surface area contributed by atoms with Crippen LogP contribution in [0.15, 0.2) is 4.99 Å². The molecule has 6 heteroatoms. The van der Waals surface area contributed by atoms with Crippen LogP contribution in [0.4, 0.5) is 0 Å². The standard InChI is InChI=1S/C11H25N3O3/c1-2-16-8-3-5-13-11(12)14-6-4-9-17-10-7-15/h15H,2-10H2,1H3,(H3,12,13,14). The van der Waals surface area contributed by atoms with Crippen LogP contribution >= 0.6 is 0 Å². The maximum Gasteiger partial charge on any atom is 0.188 e. The highest BCUT2D eigenvalue weighted by Gasteiger charge is 1.92. The fourth-order valence-corrected chi connectivity index (χ4v) is 1.12. The van der Waals surface area contributed by atoms with Crippen molar-refractivity contribution in [2.45, 2.75) is 19.8 Å². The SMILES string of the molecule is CCOCCCNC(N)=NCCCOCCO. The van der Waals surface area contributed by atoms with Crippen LogP contribution in [0, 0.1) is 0 Å². The van der Waals surface area contributed by atoms with Crippen LogP contribution in [-0.2, 0) is 9.47 Å². The molecule has 102 valence electrons. The molecule has 0 aromatic heterocycles. The minimum Gasteiger partial charge on any atom is -0.394 e. The lowest BCUT2D eigenvalue weighted by molar-refractivity contribution is 0.0918. The van der Waals surface area contributed by atoms with Crippen LogP contribution in [0.2, 0.25) is 0 Å². The van der Waals surface area contributed by atoms with Gasteiger partial charge in [-0.2, -0.15) is 0 Å². The lowest BCUT2D eigenvalue weighted by Crippen LogP contribution is -2.33. The molecule has 0 aromatic carbocycles. The molecular weight excluding hydrogens is 222 g/mol. The molecule has 0 heterocycles. The molecule has 0 aliphatic rings. The Morgan fingerprint density at radius 2 is 2.00 bits per heavy atom. The quantitative estimate of drug-likeness (QED) is 0.265. The van der Waals surface area contributed by atoms with Crippen LogP contribution in [-0.4, -0.2) is 57.2 Å². The number of aliphatic hydroxyl groups excluding tert-OH is 1. The Kier molecular flexibility index (Phi) is 12.6. The molecule has 0 bridgehead atoms. The topological polar surface area (TPSA) is 89.1 Å². The van der Waals surface area contributed by atoms with Crippen LogP contribution < -0.4 is 11.1 Å². The Morgan fingerprint density at radius 1 is 1.24 bits per heavy atom. The van der Waals surface area contributed by atoms with Crippen molar-refractivity contribution in [2.24, 2.45) is 10.7 Å². The summed E-state index contributed by atoms with van der Waals surface area (Å²) in [4.78, 5) is 4.14. The number of nitrogens with two attached hydrogens (primary N) is 1. The highest BCUT2D eigenvalue weighted by atomic mass is 16.5. The second kappa shape index (κ2) is 13.2. The summed E-state index contributed by atoms with van der Waals surface area (Å²) in [6, 6.07) is 0. The number of nitrogens with zero attached hydrogens (tertiary/aromatic N) is 1. The van der Waals surface area contributed by atoms with E-state index in [-0.39, 0.29) is 6.61 Å². The largest absolute Gasteiger partial charge is 0.394 e. The summed E-state index contributed by atoms with van der Waals surface area (Å²) in [6.07, 6.45) is 1.73. The average molecular weight is 247 g/mol. The predicted molar refractivity (Wildman–Crippen MR) is 68.1 cm³/mol. The molecule has 0 radical (unpaired) electrons. The Balaban J connectivity index is 3.26. The van der Waals surface area contributed by atoms with Gasteiger partial charge in [0.15, 0.2) is 5.96 Å². The second-order valence-electron chi connectivity index (χ2n) is 3.43. The van der Waals surface area contributed by atoms with Crippen LogP contribution in [0.1, 0.15) is 19.8 Å². The molecule has 4 N–H and O–H groups in total. The maximum atomic E-state index is 8.48. The molecule has 0 amide bonds. The molecule has 0 spiro atoms. The van der Waals surface area contributed by atoms with Gasteiger partial charge in [-0.3, -0.25) is 4.99 Å². The number of rotatable bonds is 11. The predicted octanol–water partition coefficient (Wildman–Crippen LogP) is -0.284. The molecule has 0 unspecified atom stereocenters. The summed E-state index contributed by atoms with van der Waals surface area (Å²) in [6.45, 7) is 5.92. The molecule has 0 rings (SSSR count). The average Bonchev–Trinajstić information content (AvgIpc) is 2.33. The van der Waals surface area contributed by atoms with Gasteiger partial charge >= 0.3 is 0 Å². The van der Waals surface area contributed by atoms with Crippen molar-refractivity contribution in [3.63, 3.8) is 0 Å². The molecular formula is C11H25N3O3. The number of ether oxygens (including phenoxy) is 2. The summed E-state index contributed by atoms with van der Waals surface area (Å²) in [5.74, 6) is 0.462. The van der Waals surface area contributed by atoms with Gasteiger partial charge in [-0.05, 0) is 19.8 Å². The zero-order valence-corrected chi connectivity index (χ0v) is 10.7. The lowest BCUT2D eigenvalue weighted by Gasteiger charge is -2.05.